The van der Waals surface area contributed by atoms with E-state index in [-0.39, 0.29) is 12.2 Å². The van der Waals surface area contributed by atoms with E-state index in [1.165, 1.54) is 6.07 Å². The summed E-state index contributed by atoms with van der Waals surface area (Å²) in [5, 5.41) is 10.3. The first kappa shape index (κ1) is 14.2. The molecule has 0 amide bonds. The van der Waals surface area contributed by atoms with Crippen molar-refractivity contribution in [3.8, 4) is 0 Å². The summed E-state index contributed by atoms with van der Waals surface area (Å²) in [7, 11) is 0. The van der Waals surface area contributed by atoms with Crippen molar-refractivity contribution in [2.24, 2.45) is 0 Å². The summed E-state index contributed by atoms with van der Waals surface area (Å²) in [5.41, 5.74) is 2.50. The van der Waals surface area contributed by atoms with Crippen molar-refractivity contribution in [1.29, 1.82) is 0 Å². The number of hydrogen-bond donors (Lipinski definition) is 1. The van der Waals surface area contributed by atoms with Gasteiger partial charge in [-0.15, -0.1) is 0 Å². The maximum absolute atomic E-state index is 13.7. The van der Waals surface area contributed by atoms with Gasteiger partial charge in [-0.2, -0.15) is 0 Å². The molecule has 0 radical (unpaired) electrons. The third-order valence-electron chi connectivity index (χ3n) is 3.22. The molecule has 0 spiro atoms. The van der Waals surface area contributed by atoms with Crippen LogP contribution in [-0.4, -0.2) is 5.11 Å². The molecule has 100 valence electrons. The smallest absolute Gasteiger partial charge is 0.126 e. The summed E-state index contributed by atoms with van der Waals surface area (Å²) in [5.74, 6) is -0.281. The highest BCUT2D eigenvalue weighted by molar-refractivity contribution is 9.10. The van der Waals surface area contributed by atoms with E-state index in [0.717, 1.165) is 22.0 Å². The van der Waals surface area contributed by atoms with Gasteiger partial charge in [-0.25, -0.2) is 4.39 Å². The van der Waals surface area contributed by atoms with Crippen molar-refractivity contribution < 1.29 is 9.50 Å². The Morgan fingerprint density at radius 3 is 2.63 bits per heavy atom. The normalized spacial score (nSPS) is 12.4. The van der Waals surface area contributed by atoms with E-state index in [4.69, 9.17) is 0 Å². The molecule has 2 aromatic rings. The van der Waals surface area contributed by atoms with Crippen LogP contribution < -0.4 is 0 Å². The minimum atomic E-state index is -0.681. The lowest BCUT2D eigenvalue weighted by molar-refractivity contribution is 0.176. The highest BCUT2D eigenvalue weighted by atomic mass is 79.9. The van der Waals surface area contributed by atoms with E-state index < -0.39 is 6.10 Å². The molecular formula is C16H16BrFO. The first-order valence-electron chi connectivity index (χ1n) is 6.31. The van der Waals surface area contributed by atoms with Crippen molar-refractivity contribution in [2.45, 2.75) is 25.9 Å². The quantitative estimate of drug-likeness (QED) is 0.883. The molecule has 0 aromatic heterocycles. The van der Waals surface area contributed by atoms with Crippen LogP contribution in [0, 0.1) is 5.82 Å². The first-order chi connectivity index (χ1) is 9.11. The molecule has 1 nitrogen and oxygen atoms in total. The topological polar surface area (TPSA) is 20.2 Å². The van der Waals surface area contributed by atoms with Crippen LogP contribution >= 0.6 is 15.9 Å². The van der Waals surface area contributed by atoms with Gasteiger partial charge in [0.1, 0.15) is 5.82 Å². The van der Waals surface area contributed by atoms with Crippen molar-refractivity contribution in [3.63, 3.8) is 0 Å². The fourth-order valence-electron chi connectivity index (χ4n) is 2.20. The van der Waals surface area contributed by atoms with Gasteiger partial charge in [0.25, 0.3) is 0 Å². The Labute approximate surface area is 121 Å². The highest BCUT2D eigenvalue weighted by Gasteiger charge is 2.14. The van der Waals surface area contributed by atoms with Gasteiger partial charge in [0, 0.05) is 10.9 Å². The lowest BCUT2D eigenvalue weighted by Gasteiger charge is -2.15. The zero-order valence-corrected chi connectivity index (χ0v) is 12.3. The van der Waals surface area contributed by atoms with E-state index in [1.54, 1.807) is 12.1 Å². The Hall–Kier alpha value is -1.19. The van der Waals surface area contributed by atoms with Gasteiger partial charge in [-0.1, -0.05) is 47.1 Å². The summed E-state index contributed by atoms with van der Waals surface area (Å²) < 4.78 is 14.5. The van der Waals surface area contributed by atoms with Crippen LogP contribution in [0.3, 0.4) is 0 Å². The van der Waals surface area contributed by atoms with E-state index in [0.29, 0.717) is 5.56 Å². The van der Waals surface area contributed by atoms with Gasteiger partial charge in [-0.3, -0.25) is 0 Å². The second-order valence-electron chi connectivity index (χ2n) is 4.51. The summed E-state index contributed by atoms with van der Waals surface area (Å²) in [6.45, 7) is 2.05. The number of benzene rings is 2. The number of hydrogen-bond acceptors (Lipinski definition) is 1. The van der Waals surface area contributed by atoms with Crippen LogP contribution in [0.4, 0.5) is 4.39 Å². The summed E-state index contributed by atoms with van der Waals surface area (Å²) >= 11 is 3.32. The molecule has 0 saturated heterocycles. The molecule has 2 rings (SSSR count). The first-order valence-corrected chi connectivity index (χ1v) is 7.11. The van der Waals surface area contributed by atoms with Crippen molar-refractivity contribution in [2.75, 3.05) is 0 Å². The Bertz CT molecular complexity index is 568. The molecule has 0 saturated carbocycles. The van der Waals surface area contributed by atoms with Gasteiger partial charge in [0.05, 0.1) is 6.10 Å². The number of rotatable bonds is 4. The largest absolute Gasteiger partial charge is 0.388 e. The molecule has 19 heavy (non-hydrogen) atoms. The SMILES string of the molecule is CCc1ccccc1C(O)Cc1cc(Br)ccc1F. The molecular weight excluding hydrogens is 307 g/mol. The number of halogens is 2. The molecule has 2 aromatic carbocycles. The molecule has 1 atom stereocenters. The number of aliphatic hydroxyl groups excluding tert-OH is 1. The third kappa shape index (κ3) is 3.43. The van der Waals surface area contributed by atoms with Crippen LogP contribution in [-0.2, 0) is 12.8 Å². The maximum Gasteiger partial charge on any atom is 0.126 e. The van der Waals surface area contributed by atoms with Gasteiger partial charge < -0.3 is 5.11 Å². The molecule has 0 fully saturated rings. The number of aliphatic hydroxyl groups is 1. The van der Waals surface area contributed by atoms with Crippen molar-refractivity contribution in [3.05, 3.63) is 69.4 Å². The average Bonchev–Trinajstić information content (AvgIpc) is 2.42. The molecule has 0 aliphatic rings. The zero-order valence-electron chi connectivity index (χ0n) is 10.7. The Kier molecular flexibility index (Phi) is 4.72. The second kappa shape index (κ2) is 6.31. The predicted octanol–water partition coefficient (Wildman–Crippen LogP) is 4.43. The molecule has 0 heterocycles. The summed E-state index contributed by atoms with van der Waals surface area (Å²) in [6, 6.07) is 12.5. The number of aryl methyl sites for hydroxylation is 1. The van der Waals surface area contributed by atoms with E-state index >= 15 is 0 Å². The average molecular weight is 323 g/mol. The fourth-order valence-corrected chi connectivity index (χ4v) is 2.61. The van der Waals surface area contributed by atoms with Gasteiger partial charge in [-0.05, 0) is 41.3 Å². The third-order valence-corrected chi connectivity index (χ3v) is 3.71. The zero-order chi connectivity index (χ0) is 13.8. The van der Waals surface area contributed by atoms with Crippen LogP contribution in [0.25, 0.3) is 0 Å². The van der Waals surface area contributed by atoms with Gasteiger partial charge >= 0.3 is 0 Å². The van der Waals surface area contributed by atoms with Crippen LogP contribution in [0.1, 0.15) is 29.7 Å². The van der Waals surface area contributed by atoms with Gasteiger partial charge in [0.2, 0.25) is 0 Å². The van der Waals surface area contributed by atoms with Crippen molar-refractivity contribution >= 4 is 15.9 Å². The van der Waals surface area contributed by atoms with Crippen LogP contribution in [0.15, 0.2) is 46.9 Å². The maximum atomic E-state index is 13.7. The monoisotopic (exact) mass is 322 g/mol. The van der Waals surface area contributed by atoms with E-state index in [2.05, 4.69) is 15.9 Å². The Morgan fingerprint density at radius 2 is 1.89 bits per heavy atom. The van der Waals surface area contributed by atoms with Crippen molar-refractivity contribution in [1.82, 2.24) is 0 Å². The van der Waals surface area contributed by atoms with E-state index in [1.807, 2.05) is 31.2 Å². The van der Waals surface area contributed by atoms with E-state index in [9.17, 15) is 9.50 Å². The molecule has 0 aliphatic carbocycles. The Balaban J connectivity index is 2.25. The minimum absolute atomic E-state index is 0.280. The minimum Gasteiger partial charge on any atom is -0.388 e. The lowest BCUT2D eigenvalue weighted by Crippen LogP contribution is -2.06. The summed E-state index contributed by atoms with van der Waals surface area (Å²) in [4.78, 5) is 0. The Morgan fingerprint density at radius 1 is 1.16 bits per heavy atom. The summed E-state index contributed by atoms with van der Waals surface area (Å²) in [6.07, 6.45) is 0.455. The molecule has 3 heteroatoms. The highest BCUT2D eigenvalue weighted by Crippen LogP contribution is 2.25. The predicted molar refractivity (Wildman–Crippen MR) is 78.6 cm³/mol. The molecule has 0 bridgehead atoms. The van der Waals surface area contributed by atoms with Crippen LogP contribution in [0.5, 0.6) is 0 Å². The fraction of sp³-hybridized carbons (Fsp3) is 0.250. The molecule has 1 N–H and O–H groups in total. The second-order valence-corrected chi connectivity index (χ2v) is 5.42. The van der Waals surface area contributed by atoms with Crippen LogP contribution in [0.2, 0.25) is 0 Å². The standard InChI is InChI=1S/C16H16BrFO/c1-2-11-5-3-4-6-14(11)16(19)10-12-9-13(17)7-8-15(12)18/h3-9,16,19H,2,10H2,1H3. The molecule has 0 aliphatic heterocycles. The molecule has 1 unspecified atom stereocenters. The lowest BCUT2D eigenvalue weighted by atomic mass is 9.96. The van der Waals surface area contributed by atoms with Gasteiger partial charge in [0.15, 0.2) is 0 Å².